The summed E-state index contributed by atoms with van der Waals surface area (Å²) in [5, 5.41) is 23.2. The molecule has 0 aliphatic heterocycles. The molecule has 2 atom stereocenters. The summed E-state index contributed by atoms with van der Waals surface area (Å²) in [5.74, 6) is -3.13. The number of rotatable bonds is 13. The van der Waals surface area contributed by atoms with Crippen LogP contribution in [0, 0.1) is 0 Å². The molecule has 142 valence electrons. The molecule has 0 radical (unpaired) electrons. The van der Waals surface area contributed by atoms with Gasteiger partial charge in [0.05, 0.1) is 0 Å². The summed E-state index contributed by atoms with van der Waals surface area (Å²) in [6.07, 6.45) is -0.825. The molecule has 0 saturated carbocycles. The number of carbonyl (C=O) groups is 2. The largest absolute Gasteiger partial charge is 0.480 e. The maximum Gasteiger partial charge on any atom is 0.471 e. The Morgan fingerprint density at radius 2 is 1.67 bits per heavy atom. The Balaban J connectivity index is 3.96. The number of halogens is 3. The number of aliphatic carboxylic acids is 1. The first-order chi connectivity index (χ1) is 11.2. The molecule has 4 N–H and O–H groups in total. The van der Waals surface area contributed by atoms with Gasteiger partial charge in [0.1, 0.15) is 12.3 Å². The van der Waals surface area contributed by atoms with Gasteiger partial charge in [-0.25, -0.2) is 0 Å². The molecule has 1 amide bonds. The molecular weight excluding hydrogens is 329 g/mol. The number of hydrogen-bond acceptors (Lipinski definition) is 4. The minimum atomic E-state index is -4.91. The number of carboxylic acid groups (broad SMARTS) is 1. The van der Waals surface area contributed by atoms with Gasteiger partial charge < -0.3 is 15.5 Å². The lowest BCUT2D eigenvalue weighted by molar-refractivity contribution is -0.173. The van der Waals surface area contributed by atoms with Gasteiger partial charge in [-0.1, -0.05) is 26.2 Å². The van der Waals surface area contributed by atoms with Crippen molar-refractivity contribution in [3.8, 4) is 0 Å². The monoisotopic (exact) mass is 356 g/mol. The van der Waals surface area contributed by atoms with E-state index in [9.17, 15) is 27.9 Å². The standard InChI is InChI=1S/C15H27F3N2O4/c1-2-3-4-5-9-12(21)20-11(13(22)23)8-6-7-10-19-14(24)15(16,17)18/h11-12,20-21H,2-10H2,1H3,(H,19,24)(H,22,23). The molecule has 24 heavy (non-hydrogen) atoms. The van der Waals surface area contributed by atoms with E-state index in [2.05, 4.69) is 12.2 Å². The van der Waals surface area contributed by atoms with Crippen LogP contribution in [0.5, 0.6) is 0 Å². The molecule has 0 aliphatic rings. The molecule has 9 heteroatoms. The van der Waals surface area contributed by atoms with Crippen LogP contribution in [0.3, 0.4) is 0 Å². The average molecular weight is 356 g/mol. The maximum atomic E-state index is 12.0. The number of carboxylic acids is 1. The van der Waals surface area contributed by atoms with Crippen molar-refractivity contribution >= 4 is 11.9 Å². The summed E-state index contributed by atoms with van der Waals surface area (Å²) in [4.78, 5) is 21.7. The third kappa shape index (κ3) is 11.2. The lowest BCUT2D eigenvalue weighted by atomic mass is 10.1. The highest BCUT2D eigenvalue weighted by atomic mass is 19.4. The SMILES string of the molecule is CCCCCCC(O)NC(CCCCNC(=O)C(F)(F)F)C(=O)O. The fourth-order valence-corrected chi connectivity index (χ4v) is 2.13. The topological polar surface area (TPSA) is 98.7 Å². The van der Waals surface area contributed by atoms with Crippen molar-refractivity contribution in [1.82, 2.24) is 10.6 Å². The van der Waals surface area contributed by atoms with Gasteiger partial charge in [0.15, 0.2) is 0 Å². The minimum Gasteiger partial charge on any atom is -0.480 e. The lowest BCUT2D eigenvalue weighted by Gasteiger charge is -2.19. The van der Waals surface area contributed by atoms with Crippen LogP contribution >= 0.6 is 0 Å². The van der Waals surface area contributed by atoms with Crippen LogP contribution in [0.4, 0.5) is 13.2 Å². The highest BCUT2D eigenvalue weighted by Gasteiger charge is 2.38. The molecule has 6 nitrogen and oxygen atoms in total. The number of alkyl halides is 3. The maximum absolute atomic E-state index is 12.0. The zero-order valence-corrected chi connectivity index (χ0v) is 13.9. The number of carbonyl (C=O) groups excluding carboxylic acids is 1. The molecule has 0 saturated heterocycles. The molecule has 0 aliphatic carbocycles. The van der Waals surface area contributed by atoms with Crippen LogP contribution < -0.4 is 10.6 Å². The molecule has 0 rings (SSSR count). The smallest absolute Gasteiger partial charge is 0.471 e. The molecule has 0 fully saturated rings. The summed E-state index contributed by atoms with van der Waals surface area (Å²) in [7, 11) is 0. The average Bonchev–Trinajstić information content (AvgIpc) is 2.48. The first-order valence-electron chi connectivity index (χ1n) is 8.20. The first kappa shape index (κ1) is 22.6. The second kappa shape index (κ2) is 12.1. The van der Waals surface area contributed by atoms with Gasteiger partial charge in [0.2, 0.25) is 0 Å². The van der Waals surface area contributed by atoms with Crippen molar-refractivity contribution in [1.29, 1.82) is 0 Å². The second-order valence-corrected chi connectivity index (χ2v) is 5.67. The number of nitrogens with one attached hydrogen (secondary N) is 2. The third-order valence-electron chi connectivity index (χ3n) is 3.49. The van der Waals surface area contributed by atoms with Crippen molar-refractivity contribution in [2.75, 3.05) is 6.54 Å². The van der Waals surface area contributed by atoms with E-state index >= 15 is 0 Å². The molecule has 0 heterocycles. The summed E-state index contributed by atoms with van der Waals surface area (Å²) >= 11 is 0. The predicted octanol–water partition coefficient (Wildman–Crippen LogP) is 2.17. The van der Waals surface area contributed by atoms with Crippen LogP contribution in [0.2, 0.25) is 0 Å². The molecular formula is C15H27F3N2O4. The quantitative estimate of drug-likeness (QED) is 0.299. The van der Waals surface area contributed by atoms with Crippen molar-refractivity contribution in [2.45, 2.75) is 76.7 Å². The van der Waals surface area contributed by atoms with E-state index in [4.69, 9.17) is 5.11 Å². The fourth-order valence-electron chi connectivity index (χ4n) is 2.13. The number of hydrogen-bond donors (Lipinski definition) is 4. The van der Waals surface area contributed by atoms with Gasteiger partial charge in [-0.2, -0.15) is 13.2 Å². The minimum absolute atomic E-state index is 0.156. The normalized spacial score (nSPS) is 14.2. The summed E-state index contributed by atoms with van der Waals surface area (Å²) in [5.41, 5.74) is 0. The van der Waals surface area contributed by atoms with E-state index < -0.39 is 30.3 Å². The molecule has 0 spiro atoms. The van der Waals surface area contributed by atoms with Gasteiger partial charge in [0.25, 0.3) is 0 Å². The highest BCUT2D eigenvalue weighted by molar-refractivity contribution is 5.81. The number of aliphatic hydroxyl groups excluding tert-OH is 1. The van der Waals surface area contributed by atoms with Gasteiger partial charge in [-0.3, -0.25) is 14.9 Å². The Labute approximate surface area is 139 Å². The fraction of sp³-hybridized carbons (Fsp3) is 0.867. The molecule has 0 aromatic heterocycles. The summed E-state index contributed by atoms with van der Waals surface area (Å²) in [6, 6.07) is -0.968. The van der Waals surface area contributed by atoms with Gasteiger partial charge in [-0.15, -0.1) is 0 Å². The summed E-state index contributed by atoms with van der Waals surface area (Å²) < 4.78 is 35.9. The van der Waals surface area contributed by atoms with Crippen molar-refractivity contribution in [3.63, 3.8) is 0 Å². The number of amides is 1. The molecule has 2 unspecified atom stereocenters. The summed E-state index contributed by atoms with van der Waals surface area (Å²) in [6.45, 7) is 1.89. The highest BCUT2D eigenvalue weighted by Crippen LogP contribution is 2.14. The van der Waals surface area contributed by atoms with Crippen LogP contribution in [0.1, 0.15) is 58.3 Å². The van der Waals surface area contributed by atoms with Crippen LogP contribution in [0.25, 0.3) is 0 Å². The van der Waals surface area contributed by atoms with Crippen molar-refractivity contribution in [3.05, 3.63) is 0 Å². The molecule has 0 aromatic rings. The first-order valence-corrected chi connectivity index (χ1v) is 8.20. The number of aliphatic hydroxyl groups is 1. The van der Waals surface area contributed by atoms with E-state index in [1.165, 1.54) is 0 Å². The van der Waals surface area contributed by atoms with Crippen LogP contribution in [0.15, 0.2) is 0 Å². The second-order valence-electron chi connectivity index (χ2n) is 5.67. The zero-order chi connectivity index (χ0) is 18.6. The lowest BCUT2D eigenvalue weighted by Crippen LogP contribution is -2.43. The zero-order valence-electron chi connectivity index (χ0n) is 13.9. The van der Waals surface area contributed by atoms with E-state index in [1.807, 2.05) is 0 Å². The number of unbranched alkanes of at least 4 members (excludes halogenated alkanes) is 4. The molecule has 0 aromatic carbocycles. The van der Waals surface area contributed by atoms with Crippen molar-refractivity contribution < 1.29 is 33.0 Å². The van der Waals surface area contributed by atoms with Gasteiger partial charge >= 0.3 is 18.1 Å². The Morgan fingerprint density at radius 3 is 2.21 bits per heavy atom. The van der Waals surface area contributed by atoms with Gasteiger partial charge in [-0.05, 0) is 32.1 Å². The molecule has 0 bridgehead atoms. The Hall–Kier alpha value is -1.35. The van der Waals surface area contributed by atoms with E-state index in [1.54, 1.807) is 5.32 Å². The van der Waals surface area contributed by atoms with Crippen molar-refractivity contribution in [2.24, 2.45) is 0 Å². The van der Waals surface area contributed by atoms with E-state index in [-0.39, 0.29) is 19.4 Å². The third-order valence-corrected chi connectivity index (χ3v) is 3.49. The Morgan fingerprint density at radius 1 is 1.04 bits per heavy atom. The Kier molecular flexibility index (Phi) is 11.4. The van der Waals surface area contributed by atoms with Gasteiger partial charge in [0, 0.05) is 6.54 Å². The van der Waals surface area contributed by atoms with E-state index in [0.29, 0.717) is 12.8 Å². The van der Waals surface area contributed by atoms with Crippen LogP contribution in [-0.2, 0) is 9.59 Å². The van der Waals surface area contributed by atoms with E-state index in [0.717, 1.165) is 25.7 Å². The predicted molar refractivity (Wildman–Crippen MR) is 82.2 cm³/mol. The van der Waals surface area contributed by atoms with Crippen LogP contribution in [-0.4, -0.2) is 47.1 Å². The Bertz CT molecular complexity index is 378.